The third-order valence-electron chi connectivity index (χ3n) is 2.19. The molecule has 0 unspecified atom stereocenters. The fourth-order valence-corrected chi connectivity index (χ4v) is 1.19. The lowest BCUT2D eigenvalue weighted by molar-refractivity contribution is -0.143. The van der Waals surface area contributed by atoms with Crippen molar-refractivity contribution < 1.29 is 14.6 Å². The number of esters is 1. The van der Waals surface area contributed by atoms with E-state index in [1.807, 2.05) is 6.07 Å². The van der Waals surface area contributed by atoms with Crippen molar-refractivity contribution in [2.45, 2.75) is 39.0 Å². The van der Waals surface area contributed by atoms with Crippen LogP contribution in [0.4, 0.5) is 0 Å². The van der Waals surface area contributed by atoms with Crippen molar-refractivity contribution in [3.8, 4) is 5.75 Å². The first-order chi connectivity index (χ1) is 8.22. The van der Waals surface area contributed by atoms with Crippen LogP contribution >= 0.6 is 0 Å². The van der Waals surface area contributed by atoms with Crippen molar-refractivity contribution in [3.63, 3.8) is 0 Å². The molecular weight excluding hydrogens is 216 g/mol. The minimum absolute atomic E-state index is 0.198. The molecule has 1 N–H and O–H groups in total. The zero-order valence-corrected chi connectivity index (χ0v) is 10.3. The second-order valence-electron chi connectivity index (χ2n) is 4.04. The first-order valence-corrected chi connectivity index (χ1v) is 6.16. The quantitative estimate of drug-likeness (QED) is 0.817. The Kier molecular flexibility index (Phi) is 6.15. The molecule has 2 rings (SSSR count). The largest absolute Gasteiger partial charge is 0.508 e. The fraction of sp³-hybridized carbons (Fsp3) is 0.500. The van der Waals surface area contributed by atoms with Crippen molar-refractivity contribution >= 4 is 5.97 Å². The fourth-order valence-electron chi connectivity index (χ4n) is 1.19. The molecule has 1 fully saturated rings. The molecule has 0 heterocycles. The Labute approximate surface area is 102 Å². The Morgan fingerprint density at radius 2 is 2.06 bits per heavy atom. The highest BCUT2D eigenvalue weighted by atomic mass is 16.5. The first kappa shape index (κ1) is 13.6. The molecule has 1 saturated carbocycles. The summed E-state index contributed by atoms with van der Waals surface area (Å²) in [7, 11) is 0. The van der Waals surface area contributed by atoms with Crippen LogP contribution < -0.4 is 0 Å². The van der Waals surface area contributed by atoms with E-state index < -0.39 is 0 Å². The second-order valence-corrected chi connectivity index (χ2v) is 4.04. The molecule has 1 aromatic carbocycles. The minimum atomic E-state index is -0.198. The second kappa shape index (κ2) is 7.71. The van der Waals surface area contributed by atoms with E-state index in [0.717, 1.165) is 5.56 Å². The summed E-state index contributed by atoms with van der Waals surface area (Å²) >= 11 is 0. The van der Waals surface area contributed by atoms with Crippen LogP contribution in [0.25, 0.3) is 0 Å². The number of phenolic OH excluding ortho intramolecular Hbond substituents is 1. The molecule has 0 amide bonds. The van der Waals surface area contributed by atoms with Gasteiger partial charge in [0.25, 0.3) is 0 Å². The van der Waals surface area contributed by atoms with E-state index in [-0.39, 0.29) is 11.7 Å². The standard InChI is InChI=1S/C11H14O3.C3H6/c1-2-14-11(13)7-6-9-4-3-5-10(12)8-9;1-2-3-1/h3-5,8,12H,2,6-7H2,1H3;1-3H2. The maximum absolute atomic E-state index is 11.0. The normalized spacial score (nSPS) is 12.3. The van der Waals surface area contributed by atoms with Gasteiger partial charge < -0.3 is 9.84 Å². The van der Waals surface area contributed by atoms with Crippen LogP contribution in [0.5, 0.6) is 5.75 Å². The Morgan fingerprint density at radius 1 is 1.35 bits per heavy atom. The molecule has 0 saturated heterocycles. The Balaban J connectivity index is 0.000000415. The van der Waals surface area contributed by atoms with Crippen LogP contribution in [0.15, 0.2) is 24.3 Å². The third kappa shape index (κ3) is 7.39. The summed E-state index contributed by atoms with van der Waals surface area (Å²) in [5.41, 5.74) is 0.943. The average Bonchev–Trinajstić information content (AvgIpc) is 3.14. The summed E-state index contributed by atoms with van der Waals surface area (Å²) in [6.45, 7) is 2.20. The van der Waals surface area contributed by atoms with E-state index in [4.69, 9.17) is 9.84 Å². The Hall–Kier alpha value is -1.51. The van der Waals surface area contributed by atoms with Gasteiger partial charge in [-0.25, -0.2) is 0 Å². The van der Waals surface area contributed by atoms with E-state index in [0.29, 0.717) is 19.4 Å². The van der Waals surface area contributed by atoms with E-state index in [1.54, 1.807) is 25.1 Å². The summed E-state index contributed by atoms with van der Waals surface area (Å²) in [5.74, 6) is 0.0298. The van der Waals surface area contributed by atoms with Gasteiger partial charge in [0.2, 0.25) is 0 Å². The molecule has 1 aliphatic carbocycles. The lowest BCUT2D eigenvalue weighted by atomic mass is 10.1. The molecule has 0 aromatic heterocycles. The molecule has 0 atom stereocenters. The molecule has 0 bridgehead atoms. The van der Waals surface area contributed by atoms with Crippen LogP contribution in [-0.4, -0.2) is 17.7 Å². The molecule has 3 heteroatoms. The predicted octanol–water partition coefficient (Wildman–Crippen LogP) is 3.06. The summed E-state index contributed by atoms with van der Waals surface area (Å²) in [6, 6.07) is 6.89. The summed E-state index contributed by atoms with van der Waals surface area (Å²) in [4.78, 5) is 11.0. The first-order valence-electron chi connectivity index (χ1n) is 6.16. The van der Waals surface area contributed by atoms with Crippen molar-refractivity contribution in [2.75, 3.05) is 6.61 Å². The van der Waals surface area contributed by atoms with E-state index in [2.05, 4.69) is 0 Å². The molecule has 3 nitrogen and oxygen atoms in total. The molecule has 0 radical (unpaired) electrons. The lowest BCUT2D eigenvalue weighted by Gasteiger charge is -2.02. The number of ether oxygens (including phenoxy) is 1. The third-order valence-corrected chi connectivity index (χ3v) is 2.19. The highest BCUT2D eigenvalue weighted by Gasteiger charge is 2.02. The van der Waals surface area contributed by atoms with Crippen molar-refractivity contribution in [1.82, 2.24) is 0 Å². The highest BCUT2D eigenvalue weighted by Crippen LogP contribution is 2.15. The molecule has 1 aliphatic rings. The van der Waals surface area contributed by atoms with Crippen LogP contribution in [0, 0.1) is 0 Å². The van der Waals surface area contributed by atoms with Gasteiger partial charge in [-0.05, 0) is 31.0 Å². The van der Waals surface area contributed by atoms with Crippen molar-refractivity contribution in [3.05, 3.63) is 29.8 Å². The number of aryl methyl sites for hydroxylation is 1. The maximum atomic E-state index is 11.0. The van der Waals surface area contributed by atoms with E-state index in [9.17, 15) is 4.79 Å². The Bertz CT molecular complexity index is 342. The van der Waals surface area contributed by atoms with E-state index >= 15 is 0 Å². The summed E-state index contributed by atoms with van der Waals surface area (Å²) in [6.07, 6.45) is 5.46. The number of hydrogen-bond acceptors (Lipinski definition) is 3. The van der Waals surface area contributed by atoms with Crippen LogP contribution in [0.1, 0.15) is 38.2 Å². The zero-order valence-electron chi connectivity index (χ0n) is 10.3. The van der Waals surface area contributed by atoms with Gasteiger partial charge in [-0.15, -0.1) is 0 Å². The monoisotopic (exact) mass is 236 g/mol. The topological polar surface area (TPSA) is 46.5 Å². The lowest BCUT2D eigenvalue weighted by Crippen LogP contribution is -2.04. The Morgan fingerprint density at radius 3 is 2.59 bits per heavy atom. The molecule has 17 heavy (non-hydrogen) atoms. The van der Waals surface area contributed by atoms with Crippen LogP contribution in [0.3, 0.4) is 0 Å². The maximum Gasteiger partial charge on any atom is 0.306 e. The number of carbonyl (C=O) groups excluding carboxylic acids is 1. The summed E-state index contributed by atoms with van der Waals surface area (Å²) in [5, 5.41) is 9.17. The van der Waals surface area contributed by atoms with Gasteiger partial charge in [0.1, 0.15) is 5.75 Å². The molecule has 1 aromatic rings. The van der Waals surface area contributed by atoms with Gasteiger partial charge in [-0.1, -0.05) is 31.4 Å². The number of benzene rings is 1. The summed E-state index contributed by atoms with van der Waals surface area (Å²) < 4.78 is 4.79. The predicted molar refractivity (Wildman–Crippen MR) is 66.9 cm³/mol. The molecule has 0 spiro atoms. The van der Waals surface area contributed by atoms with Crippen molar-refractivity contribution in [1.29, 1.82) is 0 Å². The number of carbonyl (C=O) groups is 1. The number of hydrogen-bond donors (Lipinski definition) is 1. The van der Waals surface area contributed by atoms with Gasteiger partial charge in [-0.3, -0.25) is 4.79 Å². The van der Waals surface area contributed by atoms with Gasteiger partial charge in [-0.2, -0.15) is 0 Å². The van der Waals surface area contributed by atoms with Gasteiger partial charge >= 0.3 is 5.97 Å². The highest BCUT2D eigenvalue weighted by molar-refractivity contribution is 5.69. The minimum Gasteiger partial charge on any atom is -0.508 e. The average molecular weight is 236 g/mol. The number of rotatable bonds is 4. The van der Waals surface area contributed by atoms with Gasteiger partial charge in [0.15, 0.2) is 0 Å². The van der Waals surface area contributed by atoms with Gasteiger partial charge in [0.05, 0.1) is 6.61 Å². The molecule has 0 aliphatic heterocycles. The number of aromatic hydroxyl groups is 1. The van der Waals surface area contributed by atoms with Crippen LogP contribution in [0.2, 0.25) is 0 Å². The SMILES string of the molecule is C1CC1.CCOC(=O)CCc1cccc(O)c1. The number of phenols is 1. The molecular formula is C14H20O3. The molecule has 94 valence electrons. The zero-order chi connectivity index (χ0) is 12.5. The smallest absolute Gasteiger partial charge is 0.306 e. The van der Waals surface area contributed by atoms with Crippen LogP contribution in [-0.2, 0) is 16.0 Å². The van der Waals surface area contributed by atoms with Crippen molar-refractivity contribution in [2.24, 2.45) is 0 Å². The van der Waals surface area contributed by atoms with E-state index in [1.165, 1.54) is 19.3 Å². The van der Waals surface area contributed by atoms with Gasteiger partial charge in [0, 0.05) is 6.42 Å².